The summed E-state index contributed by atoms with van der Waals surface area (Å²) in [5, 5.41) is 0. The number of benzene rings is 2. The third-order valence-electron chi connectivity index (χ3n) is 2.49. The van der Waals surface area contributed by atoms with Crippen molar-refractivity contribution in [3.8, 4) is 5.75 Å². The third kappa shape index (κ3) is 3.08. The van der Waals surface area contributed by atoms with E-state index in [1.807, 2.05) is 61.5 Å². The van der Waals surface area contributed by atoms with E-state index in [9.17, 15) is 0 Å². The summed E-state index contributed by atoms with van der Waals surface area (Å²) in [5.41, 5.74) is 1.14. The van der Waals surface area contributed by atoms with Crippen molar-refractivity contribution in [2.45, 2.75) is 6.23 Å². The fraction of sp³-hybridized carbons (Fsp3) is 0.200. The van der Waals surface area contributed by atoms with Crippen LogP contribution in [-0.4, -0.2) is 19.0 Å². The van der Waals surface area contributed by atoms with Gasteiger partial charge in [-0.1, -0.05) is 42.5 Å². The van der Waals surface area contributed by atoms with E-state index in [-0.39, 0.29) is 6.23 Å². The molecule has 2 aromatic rings. The van der Waals surface area contributed by atoms with E-state index in [1.165, 1.54) is 0 Å². The second-order valence-electron chi connectivity index (χ2n) is 4.08. The predicted molar refractivity (Wildman–Crippen MR) is 68.8 cm³/mol. The maximum Gasteiger partial charge on any atom is 0.178 e. The van der Waals surface area contributed by atoms with Gasteiger partial charge in [-0.25, -0.2) is 0 Å². The topological polar surface area (TPSA) is 12.5 Å². The summed E-state index contributed by atoms with van der Waals surface area (Å²) in [7, 11) is 4.01. The number of hydrogen-bond donors (Lipinski definition) is 0. The van der Waals surface area contributed by atoms with Crippen LogP contribution in [0.2, 0.25) is 0 Å². The van der Waals surface area contributed by atoms with Crippen molar-refractivity contribution in [1.82, 2.24) is 4.90 Å². The molecule has 0 spiro atoms. The lowest BCUT2D eigenvalue weighted by atomic mass is 10.2. The second kappa shape index (κ2) is 5.51. The van der Waals surface area contributed by atoms with Crippen LogP contribution in [0.5, 0.6) is 5.75 Å². The first kappa shape index (κ1) is 11.7. The van der Waals surface area contributed by atoms with Crippen molar-refractivity contribution in [1.29, 1.82) is 0 Å². The number of ether oxygens (including phenoxy) is 1. The van der Waals surface area contributed by atoms with Crippen molar-refractivity contribution < 1.29 is 4.74 Å². The SMILES string of the molecule is CN(C)C(Oc1cc[c]cc1)c1ccccc1. The molecule has 0 aliphatic carbocycles. The van der Waals surface area contributed by atoms with Crippen LogP contribution in [0.25, 0.3) is 0 Å². The van der Waals surface area contributed by atoms with Gasteiger partial charge in [-0.05, 0) is 32.3 Å². The Morgan fingerprint density at radius 1 is 1.00 bits per heavy atom. The van der Waals surface area contributed by atoms with Crippen molar-refractivity contribution in [2.24, 2.45) is 0 Å². The second-order valence-corrected chi connectivity index (χ2v) is 4.08. The van der Waals surface area contributed by atoms with Gasteiger partial charge >= 0.3 is 0 Å². The first-order valence-electron chi connectivity index (χ1n) is 5.61. The first-order valence-corrected chi connectivity index (χ1v) is 5.61. The highest BCUT2D eigenvalue weighted by Gasteiger charge is 2.14. The molecule has 0 saturated carbocycles. The van der Waals surface area contributed by atoms with Gasteiger partial charge in [0.25, 0.3) is 0 Å². The zero-order valence-electron chi connectivity index (χ0n) is 10.1. The van der Waals surface area contributed by atoms with Gasteiger partial charge in [0.05, 0.1) is 0 Å². The van der Waals surface area contributed by atoms with Gasteiger partial charge in [0.2, 0.25) is 0 Å². The molecular weight excluding hydrogens is 210 g/mol. The molecule has 2 nitrogen and oxygen atoms in total. The minimum atomic E-state index is -0.0707. The number of nitrogens with zero attached hydrogens (tertiary/aromatic N) is 1. The van der Waals surface area contributed by atoms with Crippen LogP contribution >= 0.6 is 0 Å². The average Bonchev–Trinajstić information content (AvgIpc) is 2.38. The molecule has 0 aromatic heterocycles. The van der Waals surface area contributed by atoms with Gasteiger partial charge in [-0.15, -0.1) is 0 Å². The summed E-state index contributed by atoms with van der Waals surface area (Å²) in [4.78, 5) is 2.05. The molecule has 0 aliphatic rings. The van der Waals surface area contributed by atoms with Gasteiger partial charge in [0, 0.05) is 5.56 Å². The summed E-state index contributed by atoms with van der Waals surface area (Å²) in [6.07, 6.45) is -0.0707. The Morgan fingerprint density at radius 3 is 2.24 bits per heavy atom. The van der Waals surface area contributed by atoms with Crippen molar-refractivity contribution in [2.75, 3.05) is 14.1 Å². The zero-order chi connectivity index (χ0) is 12.1. The third-order valence-corrected chi connectivity index (χ3v) is 2.49. The normalized spacial score (nSPS) is 12.4. The highest BCUT2D eigenvalue weighted by Crippen LogP contribution is 2.22. The fourth-order valence-electron chi connectivity index (χ4n) is 1.67. The molecule has 1 atom stereocenters. The minimum absolute atomic E-state index is 0.0707. The Labute approximate surface area is 102 Å². The van der Waals surface area contributed by atoms with Crippen LogP contribution in [0.15, 0.2) is 54.6 Å². The van der Waals surface area contributed by atoms with E-state index in [4.69, 9.17) is 4.74 Å². The minimum Gasteiger partial charge on any atom is -0.471 e. The highest BCUT2D eigenvalue weighted by atomic mass is 16.5. The van der Waals surface area contributed by atoms with Gasteiger partial charge in [-0.3, -0.25) is 4.90 Å². The zero-order valence-corrected chi connectivity index (χ0v) is 10.1. The molecule has 0 N–H and O–H groups in total. The standard InChI is InChI=1S/C15H16NO/c1-16(2)15(13-9-5-3-6-10-13)17-14-11-7-4-8-12-14/h3,5-12,15H,1-2H3. The predicted octanol–water partition coefficient (Wildman–Crippen LogP) is 3.13. The quantitative estimate of drug-likeness (QED) is 0.743. The molecule has 0 bridgehead atoms. The van der Waals surface area contributed by atoms with E-state index >= 15 is 0 Å². The Hall–Kier alpha value is -1.80. The van der Waals surface area contributed by atoms with E-state index in [0.29, 0.717) is 0 Å². The Balaban J connectivity index is 2.20. The molecule has 2 aromatic carbocycles. The molecule has 17 heavy (non-hydrogen) atoms. The maximum absolute atomic E-state index is 5.97. The Bertz CT molecular complexity index is 439. The molecule has 2 rings (SSSR count). The molecule has 0 saturated heterocycles. The van der Waals surface area contributed by atoms with Gasteiger partial charge < -0.3 is 4.74 Å². The van der Waals surface area contributed by atoms with Crippen LogP contribution < -0.4 is 4.74 Å². The molecule has 0 heterocycles. The fourth-order valence-corrected chi connectivity index (χ4v) is 1.67. The summed E-state index contributed by atoms with van der Waals surface area (Å²) in [5.74, 6) is 0.853. The average molecular weight is 226 g/mol. The molecule has 0 fully saturated rings. The van der Waals surface area contributed by atoms with Gasteiger partial charge in [-0.2, -0.15) is 0 Å². The van der Waals surface area contributed by atoms with E-state index in [1.54, 1.807) is 0 Å². The largest absolute Gasteiger partial charge is 0.471 e. The summed E-state index contributed by atoms with van der Waals surface area (Å²) < 4.78 is 5.97. The lowest BCUT2D eigenvalue weighted by Gasteiger charge is -2.25. The molecule has 2 heteroatoms. The molecule has 0 amide bonds. The number of hydrogen-bond acceptors (Lipinski definition) is 2. The molecule has 1 unspecified atom stereocenters. The van der Waals surface area contributed by atoms with Crippen molar-refractivity contribution >= 4 is 0 Å². The van der Waals surface area contributed by atoms with Gasteiger partial charge in [0.1, 0.15) is 5.75 Å². The van der Waals surface area contributed by atoms with E-state index in [2.05, 4.69) is 18.2 Å². The van der Waals surface area contributed by atoms with Gasteiger partial charge in [0.15, 0.2) is 6.23 Å². The molecule has 0 aliphatic heterocycles. The van der Waals surface area contributed by atoms with Crippen LogP contribution in [0.1, 0.15) is 11.8 Å². The van der Waals surface area contributed by atoms with E-state index < -0.39 is 0 Å². The number of rotatable bonds is 4. The van der Waals surface area contributed by atoms with Crippen LogP contribution in [0.3, 0.4) is 0 Å². The summed E-state index contributed by atoms with van der Waals surface area (Å²) in [6.45, 7) is 0. The summed E-state index contributed by atoms with van der Waals surface area (Å²) >= 11 is 0. The van der Waals surface area contributed by atoms with Crippen molar-refractivity contribution in [3.63, 3.8) is 0 Å². The Kier molecular flexibility index (Phi) is 3.78. The molecule has 1 radical (unpaired) electrons. The van der Waals surface area contributed by atoms with Crippen LogP contribution in [-0.2, 0) is 0 Å². The van der Waals surface area contributed by atoms with Crippen molar-refractivity contribution in [3.05, 3.63) is 66.2 Å². The lowest BCUT2D eigenvalue weighted by molar-refractivity contribution is 0.0639. The van der Waals surface area contributed by atoms with E-state index in [0.717, 1.165) is 11.3 Å². The first-order chi connectivity index (χ1) is 8.27. The summed E-state index contributed by atoms with van der Waals surface area (Å²) in [6, 6.07) is 20.7. The Morgan fingerprint density at radius 2 is 1.65 bits per heavy atom. The molecular formula is C15H16NO. The maximum atomic E-state index is 5.97. The smallest absolute Gasteiger partial charge is 0.178 e. The van der Waals surface area contributed by atoms with Crippen LogP contribution in [0.4, 0.5) is 0 Å². The highest BCUT2D eigenvalue weighted by molar-refractivity contribution is 5.23. The lowest BCUT2D eigenvalue weighted by Crippen LogP contribution is -2.25. The molecule has 87 valence electrons. The van der Waals surface area contributed by atoms with Crippen LogP contribution in [0, 0.1) is 6.07 Å². The monoisotopic (exact) mass is 226 g/mol.